The third-order valence-corrected chi connectivity index (χ3v) is 11.7. The first-order chi connectivity index (χ1) is 27.0. The number of nitrogens with zero attached hydrogens (tertiary/aromatic N) is 4. The summed E-state index contributed by atoms with van der Waals surface area (Å²) in [5, 5.41) is 21.5. The van der Waals surface area contributed by atoms with E-state index in [1.54, 1.807) is 38.1 Å². The molecule has 300 valence electrons. The van der Waals surface area contributed by atoms with E-state index in [-0.39, 0.29) is 162 Å². The Kier molecular flexibility index (Phi) is 20.1. The first-order valence-corrected chi connectivity index (χ1v) is 21.7. The Labute approximate surface area is 454 Å². The minimum atomic E-state index is -5.18. The van der Waals surface area contributed by atoms with Gasteiger partial charge in [-0.15, -0.1) is 0 Å². The molecule has 19 nitrogen and oxygen atoms in total. The van der Waals surface area contributed by atoms with Crippen molar-refractivity contribution in [3.8, 4) is 0 Å². The number of urea groups is 1. The molecule has 0 aliphatic heterocycles. The second kappa shape index (κ2) is 22.1. The zero-order valence-electron chi connectivity index (χ0n) is 33.5. The Morgan fingerprint density at radius 2 is 0.839 bits per heavy atom. The number of amides is 2. The number of anilines is 2. The fourth-order valence-corrected chi connectivity index (χ4v) is 8.26. The largest absolute Gasteiger partial charge is 1.00 e. The number of hydrogen-bond donors (Lipinski definition) is 2. The van der Waals surface area contributed by atoms with Crippen LogP contribution in [0.5, 0.6) is 0 Å². The van der Waals surface area contributed by atoms with Gasteiger partial charge in [0.05, 0.1) is 42.3 Å². The number of benzene rings is 6. The Bertz CT molecular complexity index is 3040. The van der Waals surface area contributed by atoms with Crippen LogP contribution in [-0.2, 0) is 40.5 Å². The van der Waals surface area contributed by atoms with Crippen LogP contribution in [0.25, 0.3) is 21.5 Å². The molecule has 27 heteroatoms. The van der Waals surface area contributed by atoms with E-state index in [4.69, 9.17) is 0 Å². The average Bonchev–Trinajstić information content (AvgIpc) is 3.11. The van der Waals surface area contributed by atoms with Gasteiger partial charge in [-0.2, -0.15) is 20.5 Å². The van der Waals surface area contributed by atoms with E-state index in [1.807, 2.05) is 0 Å². The van der Waals surface area contributed by atoms with Gasteiger partial charge < -0.3 is 28.8 Å². The van der Waals surface area contributed by atoms with Crippen molar-refractivity contribution in [2.45, 2.75) is 33.4 Å². The number of aryl methyl sites for hydroxylation is 2. The fraction of sp³-hybridized carbons (Fsp3) is 0.0571. The summed E-state index contributed by atoms with van der Waals surface area (Å²) in [6.45, 7) is 3.36. The van der Waals surface area contributed by atoms with E-state index in [2.05, 4.69) is 31.1 Å². The number of fused-ring (bicyclic) bond motifs is 2. The van der Waals surface area contributed by atoms with Crippen molar-refractivity contribution in [2.24, 2.45) is 20.5 Å². The summed E-state index contributed by atoms with van der Waals surface area (Å²) < 4.78 is 140. The second-order valence-corrected chi connectivity index (χ2v) is 17.9. The van der Waals surface area contributed by atoms with Crippen LogP contribution in [-0.4, -0.2) is 57.9 Å². The van der Waals surface area contributed by atoms with Crippen molar-refractivity contribution < 1.29 is 186 Å². The molecule has 0 radical (unpaired) electrons. The fourth-order valence-electron chi connectivity index (χ4n) is 5.61. The predicted molar refractivity (Wildman–Crippen MR) is 203 cm³/mol. The van der Waals surface area contributed by atoms with Gasteiger partial charge >= 0.3 is 135 Å². The smallest absolute Gasteiger partial charge is 0.744 e. The van der Waals surface area contributed by atoms with E-state index >= 15 is 0 Å². The quantitative estimate of drug-likeness (QED) is 0.0738. The molecule has 0 heterocycles. The SMILES string of the molecule is Cc1cc(NC(=O)Nc2ccc(N=Nc3ccc4cc(S(=O)(=O)[O-])cc(S(=O)(=O)[O-])c4c3)c(C)c2)ccc1N=Nc1ccc2cc(S(=O)(=O)[O-])cc(S(=O)(=O)[O-])c2c1.[K+].[Li+].[Na+].[Na+]. The zero-order valence-corrected chi connectivity index (χ0v) is 43.9. The molecule has 0 saturated carbocycles. The maximum atomic E-state index is 12.8. The molecule has 0 spiro atoms. The minimum Gasteiger partial charge on any atom is -0.744 e. The third-order valence-electron chi connectivity index (χ3n) is 8.32. The number of rotatable bonds is 10. The summed E-state index contributed by atoms with van der Waals surface area (Å²) in [6.07, 6.45) is 0. The van der Waals surface area contributed by atoms with Gasteiger partial charge in [-0.25, -0.2) is 38.5 Å². The summed E-state index contributed by atoms with van der Waals surface area (Å²) in [7, 11) is -20.5. The minimum absolute atomic E-state index is 0. The van der Waals surface area contributed by atoms with Gasteiger partial charge in [-0.05, 0) is 121 Å². The van der Waals surface area contributed by atoms with Gasteiger partial charge in [0.15, 0.2) is 0 Å². The molecule has 0 atom stereocenters. The van der Waals surface area contributed by atoms with Gasteiger partial charge in [0.1, 0.15) is 40.5 Å². The van der Waals surface area contributed by atoms with Crippen molar-refractivity contribution in [1.29, 1.82) is 0 Å². The molecule has 0 aliphatic rings. The Morgan fingerprint density at radius 1 is 0.484 bits per heavy atom. The molecular weight excluding hydrogens is 933 g/mol. The Hall–Kier alpha value is -1.82. The number of azo groups is 2. The molecular formula is C35H24KLiN6Na2O13S4. The average molecular weight is 957 g/mol. The molecule has 0 bridgehead atoms. The van der Waals surface area contributed by atoms with E-state index in [9.17, 15) is 56.7 Å². The van der Waals surface area contributed by atoms with E-state index < -0.39 is 66.1 Å². The maximum Gasteiger partial charge on any atom is 1.00 e. The Morgan fingerprint density at radius 3 is 1.15 bits per heavy atom. The molecule has 6 rings (SSSR count). The molecule has 62 heavy (non-hydrogen) atoms. The van der Waals surface area contributed by atoms with Gasteiger partial charge in [-0.1, -0.05) is 12.1 Å². The topological polar surface area (TPSA) is 319 Å². The molecule has 6 aromatic rings. The summed E-state index contributed by atoms with van der Waals surface area (Å²) in [5.74, 6) is 0. The summed E-state index contributed by atoms with van der Waals surface area (Å²) in [4.78, 5) is 9.26. The number of carbonyl (C=O) groups excluding carboxylic acids is 1. The zero-order chi connectivity index (χ0) is 42.4. The van der Waals surface area contributed by atoms with Crippen molar-refractivity contribution in [1.82, 2.24) is 0 Å². The number of hydrogen-bond acceptors (Lipinski definition) is 17. The van der Waals surface area contributed by atoms with Crippen LogP contribution >= 0.6 is 0 Å². The van der Waals surface area contributed by atoms with Gasteiger partial charge in [0, 0.05) is 22.1 Å². The molecule has 0 saturated heterocycles. The van der Waals surface area contributed by atoms with Crippen LogP contribution in [0.3, 0.4) is 0 Å². The summed E-state index contributed by atoms with van der Waals surface area (Å²) >= 11 is 0. The first-order valence-electron chi connectivity index (χ1n) is 16.1. The van der Waals surface area contributed by atoms with Crippen LogP contribution in [0, 0.1) is 13.8 Å². The second-order valence-electron chi connectivity index (χ2n) is 12.5. The Balaban J connectivity index is 0.00000331. The van der Waals surface area contributed by atoms with E-state index in [0.29, 0.717) is 46.0 Å². The first kappa shape index (κ1) is 56.3. The van der Waals surface area contributed by atoms with Gasteiger partial charge in [0.2, 0.25) is 0 Å². The van der Waals surface area contributed by atoms with E-state index in [1.165, 1.54) is 48.5 Å². The van der Waals surface area contributed by atoms with E-state index in [0.717, 1.165) is 12.1 Å². The summed E-state index contributed by atoms with van der Waals surface area (Å²) in [6, 6.07) is 19.4. The molecule has 0 aliphatic carbocycles. The molecule has 0 aromatic heterocycles. The predicted octanol–water partition coefficient (Wildman–Crippen LogP) is -5.28. The van der Waals surface area contributed by atoms with Crippen molar-refractivity contribution in [3.63, 3.8) is 0 Å². The van der Waals surface area contributed by atoms with Crippen LogP contribution < -0.4 is 140 Å². The molecule has 2 amide bonds. The third kappa shape index (κ3) is 14.1. The van der Waals surface area contributed by atoms with Gasteiger partial charge in [0.25, 0.3) is 0 Å². The maximum absolute atomic E-state index is 12.8. The number of nitrogens with one attached hydrogen (secondary N) is 2. The molecule has 0 unspecified atom stereocenters. The molecule has 6 aromatic carbocycles. The number of carbonyl (C=O) groups is 1. The van der Waals surface area contributed by atoms with Crippen LogP contribution in [0.1, 0.15) is 11.1 Å². The van der Waals surface area contributed by atoms with Crippen LogP contribution in [0.4, 0.5) is 38.9 Å². The van der Waals surface area contributed by atoms with Crippen molar-refractivity contribution >= 4 is 102 Å². The van der Waals surface area contributed by atoms with Crippen LogP contribution in [0.15, 0.2) is 137 Å². The summed E-state index contributed by atoms with van der Waals surface area (Å²) in [5.41, 5.74) is 2.83. The molecule has 2 N–H and O–H groups in total. The van der Waals surface area contributed by atoms with Gasteiger partial charge in [-0.3, -0.25) is 0 Å². The standard InChI is InChI=1S/C35H28N6O13S4.K.Li.2Na/c1-19-11-23(7-9-31(19)40-38-25-5-3-21-13-27(55(43,44)45)17-33(29(21)15-25)57(49,50)51)36-35(42)37-24-8-10-32(20(2)12-24)41-39-26-6-4-22-14-28(56(46,47)48)18-34(30(22)16-26)58(52,53)54;;;;/h3-18H,1-2H3,(H2,36,37,42)(H,43,44,45)(H,46,47,48)(H,49,50,51)(H,52,53,54);;;;/q;4*+1/p-4. The van der Waals surface area contributed by atoms with Crippen LogP contribution in [0.2, 0.25) is 0 Å². The normalized spacial score (nSPS) is 12.0. The monoisotopic (exact) mass is 956 g/mol. The molecule has 0 fully saturated rings. The van der Waals surface area contributed by atoms with Crippen molar-refractivity contribution in [3.05, 3.63) is 108 Å². The van der Waals surface area contributed by atoms with Crippen molar-refractivity contribution in [2.75, 3.05) is 10.6 Å².